The molecule has 1 unspecified atom stereocenters. The minimum absolute atomic E-state index is 0.0842. The Morgan fingerprint density at radius 3 is 2.86 bits per heavy atom. The van der Waals surface area contributed by atoms with Crippen molar-refractivity contribution in [3.8, 4) is 0 Å². The maximum atomic E-state index is 13.1. The molecule has 3 aromatic rings. The molecule has 1 aliphatic heterocycles. The van der Waals surface area contributed by atoms with Crippen LogP contribution >= 0.6 is 15.9 Å². The van der Waals surface area contributed by atoms with Gasteiger partial charge in [0.15, 0.2) is 0 Å². The molecule has 9 heteroatoms. The van der Waals surface area contributed by atoms with Gasteiger partial charge in [-0.25, -0.2) is 9.97 Å². The summed E-state index contributed by atoms with van der Waals surface area (Å²) < 4.78 is 2.43. The van der Waals surface area contributed by atoms with E-state index >= 15 is 0 Å². The minimum atomic E-state index is -0.480. The summed E-state index contributed by atoms with van der Waals surface area (Å²) in [6.07, 6.45) is 3.27. The van der Waals surface area contributed by atoms with E-state index in [0.717, 1.165) is 11.9 Å². The SMILES string of the molecule is Nc1cccc2c1ncn2CC(=O)N1[C@@H]2CC2C[C@H]1C(=O)Nc1cccc(Br)n1. The highest BCUT2D eigenvalue weighted by Crippen LogP contribution is 2.48. The number of halogens is 1. The first-order chi connectivity index (χ1) is 14.0. The number of rotatable bonds is 4. The van der Waals surface area contributed by atoms with Crippen LogP contribution in [0.15, 0.2) is 47.3 Å². The lowest BCUT2D eigenvalue weighted by atomic mass is 10.1. The van der Waals surface area contributed by atoms with Gasteiger partial charge in [0.1, 0.15) is 28.5 Å². The number of hydrogen-bond donors (Lipinski definition) is 2. The number of carbonyl (C=O) groups excluding carboxylic acids is 2. The summed E-state index contributed by atoms with van der Waals surface area (Å²) in [5.74, 6) is 0.587. The van der Waals surface area contributed by atoms with Crippen LogP contribution in [0.5, 0.6) is 0 Å². The highest BCUT2D eigenvalue weighted by molar-refractivity contribution is 9.10. The van der Waals surface area contributed by atoms with Crippen LogP contribution in [-0.4, -0.2) is 43.3 Å². The zero-order valence-corrected chi connectivity index (χ0v) is 17.0. The summed E-state index contributed by atoms with van der Waals surface area (Å²) >= 11 is 3.30. The summed E-state index contributed by atoms with van der Waals surface area (Å²) in [7, 11) is 0. The molecular weight excluding hydrogens is 436 g/mol. The third-order valence-electron chi connectivity index (χ3n) is 5.65. The number of nitrogens with zero attached hydrogens (tertiary/aromatic N) is 4. The summed E-state index contributed by atoms with van der Waals surface area (Å²) in [4.78, 5) is 36.3. The summed E-state index contributed by atoms with van der Waals surface area (Å²) in [6.45, 7) is 0.127. The molecule has 2 aliphatic rings. The lowest BCUT2D eigenvalue weighted by Crippen LogP contribution is -2.46. The molecule has 2 fully saturated rings. The number of imidazole rings is 1. The molecule has 3 atom stereocenters. The van der Waals surface area contributed by atoms with Gasteiger partial charge in [-0.05, 0) is 59.0 Å². The van der Waals surface area contributed by atoms with Gasteiger partial charge in [-0.3, -0.25) is 9.59 Å². The van der Waals surface area contributed by atoms with Crippen LogP contribution in [0.2, 0.25) is 0 Å². The number of amides is 2. The number of piperidine rings is 1. The maximum absolute atomic E-state index is 13.1. The van der Waals surface area contributed by atoms with E-state index in [2.05, 4.69) is 31.2 Å². The Labute approximate surface area is 175 Å². The molecular formula is C20H19BrN6O2. The van der Waals surface area contributed by atoms with E-state index in [9.17, 15) is 9.59 Å². The molecule has 1 aliphatic carbocycles. The third-order valence-corrected chi connectivity index (χ3v) is 6.09. The van der Waals surface area contributed by atoms with Gasteiger partial charge in [0.05, 0.1) is 17.5 Å². The van der Waals surface area contributed by atoms with E-state index in [1.54, 1.807) is 40.1 Å². The van der Waals surface area contributed by atoms with Crippen molar-refractivity contribution >= 4 is 50.3 Å². The molecule has 2 amide bonds. The standard InChI is InChI=1S/C20H19BrN6O2/c21-16-5-2-6-17(24-16)25-20(29)15-8-11-7-14(11)27(15)18(28)9-26-10-23-19-12(22)3-1-4-13(19)26/h1-6,10-11,14-15H,7-9,22H2,(H,24,25,29)/t11?,14-,15+/m1/s1. The molecule has 29 heavy (non-hydrogen) atoms. The molecule has 1 saturated heterocycles. The van der Waals surface area contributed by atoms with E-state index in [4.69, 9.17) is 5.73 Å². The van der Waals surface area contributed by atoms with Crippen LogP contribution in [0.4, 0.5) is 11.5 Å². The molecule has 3 N–H and O–H groups in total. The quantitative estimate of drug-likeness (QED) is 0.464. The molecule has 1 saturated carbocycles. The first kappa shape index (κ1) is 18.1. The Morgan fingerprint density at radius 1 is 1.21 bits per heavy atom. The fourth-order valence-corrected chi connectivity index (χ4v) is 4.54. The van der Waals surface area contributed by atoms with E-state index in [0.29, 0.717) is 34.0 Å². The Balaban J connectivity index is 1.35. The largest absolute Gasteiger partial charge is 0.397 e. The van der Waals surface area contributed by atoms with Crippen LogP contribution in [0.1, 0.15) is 12.8 Å². The molecule has 3 heterocycles. The zero-order valence-electron chi connectivity index (χ0n) is 15.5. The number of pyridine rings is 1. The van der Waals surface area contributed by atoms with Gasteiger partial charge in [0.25, 0.3) is 0 Å². The van der Waals surface area contributed by atoms with Gasteiger partial charge < -0.3 is 20.5 Å². The van der Waals surface area contributed by atoms with Gasteiger partial charge in [-0.15, -0.1) is 0 Å². The Hall–Kier alpha value is -2.94. The maximum Gasteiger partial charge on any atom is 0.248 e. The highest BCUT2D eigenvalue weighted by Gasteiger charge is 2.56. The third kappa shape index (κ3) is 3.25. The smallest absolute Gasteiger partial charge is 0.248 e. The topological polar surface area (TPSA) is 106 Å². The molecule has 0 bridgehead atoms. The molecule has 2 aromatic heterocycles. The van der Waals surface area contributed by atoms with Crippen molar-refractivity contribution in [2.24, 2.45) is 5.92 Å². The number of para-hydroxylation sites is 1. The number of likely N-dealkylation sites (tertiary alicyclic amines) is 1. The second kappa shape index (κ2) is 6.84. The average Bonchev–Trinajstić information content (AvgIpc) is 3.15. The lowest BCUT2D eigenvalue weighted by molar-refractivity contribution is -0.138. The number of nitrogens with one attached hydrogen (secondary N) is 1. The van der Waals surface area contributed by atoms with E-state index in [1.165, 1.54) is 0 Å². The van der Waals surface area contributed by atoms with Crippen molar-refractivity contribution in [3.63, 3.8) is 0 Å². The lowest BCUT2D eigenvalue weighted by Gasteiger charge is -2.27. The zero-order chi connectivity index (χ0) is 20.1. The second-order valence-corrected chi connectivity index (χ2v) is 8.35. The van der Waals surface area contributed by atoms with Gasteiger partial charge in [-0.2, -0.15) is 0 Å². The minimum Gasteiger partial charge on any atom is -0.397 e. The van der Waals surface area contributed by atoms with Gasteiger partial charge in [0.2, 0.25) is 11.8 Å². The highest BCUT2D eigenvalue weighted by atomic mass is 79.9. The Kier molecular flexibility index (Phi) is 4.27. The normalized spacial score (nSPS) is 22.5. The van der Waals surface area contributed by atoms with Crippen molar-refractivity contribution < 1.29 is 9.59 Å². The number of hydrogen-bond acceptors (Lipinski definition) is 5. The molecule has 8 nitrogen and oxygen atoms in total. The van der Waals surface area contributed by atoms with Crippen molar-refractivity contribution in [1.82, 2.24) is 19.4 Å². The molecule has 0 radical (unpaired) electrons. The van der Waals surface area contributed by atoms with Crippen molar-refractivity contribution in [2.75, 3.05) is 11.1 Å². The number of fused-ring (bicyclic) bond motifs is 2. The fraction of sp³-hybridized carbons (Fsp3) is 0.300. The van der Waals surface area contributed by atoms with Crippen LogP contribution in [0.25, 0.3) is 11.0 Å². The number of benzene rings is 1. The molecule has 1 aromatic carbocycles. The number of anilines is 2. The first-order valence-electron chi connectivity index (χ1n) is 9.45. The number of aromatic nitrogens is 3. The fourth-order valence-electron chi connectivity index (χ4n) is 4.20. The van der Waals surface area contributed by atoms with Crippen molar-refractivity contribution in [1.29, 1.82) is 0 Å². The van der Waals surface area contributed by atoms with Crippen LogP contribution in [-0.2, 0) is 16.1 Å². The Bertz CT molecular complexity index is 1130. The first-order valence-corrected chi connectivity index (χ1v) is 10.2. The molecule has 148 valence electrons. The predicted molar refractivity (Wildman–Crippen MR) is 112 cm³/mol. The van der Waals surface area contributed by atoms with Crippen molar-refractivity contribution in [2.45, 2.75) is 31.5 Å². The van der Waals surface area contributed by atoms with E-state index in [1.807, 2.05) is 12.1 Å². The van der Waals surface area contributed by atoms with Gasteiger partial charge in [-0.1, -0.05) is 12.1 Å². The average molecular weight is 455 g/mol. The molecule has 5 rings (SSSR count). The number of nitrogen functional groups attached to an aromatic ring is 1. The van der Waals surface area contributed by atoms with E-state index in [-0.39, 0.29) is 24.4 Å². The van der Waals surface area contributed by atoms with Crippen LogP contribution in [0.3, 0.4) is 0 Å². The van der Waals surface area contributed by atoms with E-state index < -0.39 is 6.04 Å². The number of nitrogens with two attached hydrogens (primary N) is 1. The number of carbonyl (C=O) groups is 2. The van der Waals surface area contributed by atoms with Crippen LogP contribution in [0, 0.1) is 5.92 Å². The van der Waals surface area contributed by atoms with Crippen LogP contribution < -0.4 is 11.1 Å². The second-order valence-electron chi connectivity index (χ2n) is 7.54. The van der Waals surface area contributed by atoms with Crippen molar-refractivity contribution in [3.05, 3.63) is 47.3 Å². The van der Waals surface area contributed by atoms with Gasteiger partial charge in [0, 0.05) is 6.04 Å². The molecule has 0 spiro atoms. The predicted octanol–water partition coefficient (Wildman–Crippen LogP) is 2.40. The van der Waals surface area contributed by atoms with Gasteiger partial charge >= 0.3 is 0 Å². The summed E-state index contributed by atoms with van der Waals surface area (Å²) in [6, 6.07) is 10.5. The monoisotopic (exact) mass is 454 g/mol. The summed E-state index contributed by atoms with van der Waals surface area (Å²) in [5, 5.41) is 2.84. The summed E-state index contributed by atoms with van der Waals surface area (Å²) in [5.41, 5.74) is 8.03. The Morgan fingerprint density at radius 2 is 2.03 bits per heavy atom.